The Labute approximate surface area is 184 Å². The van der Waals surface area contributed by atoms with Crippen LogP contribution in [-0.4, -0.2) is 17.1 Å². The Morgan fingerprint density at radius 2 is 1.81 bits per heavy atom. The highest BCUT2D eigenvalue weighted by Crippen LogP contribution is 2.44. The molecule has 1 aliphatic carbocycles. The second-order valence-electron chi connectivity index (χ2n) is 8.70. The monoisotopic (exact) mass is 444 g/mol. The van der Waals surface area contributed by atoms with Crippen molar-refractivity contribution in [3.05, 3.63) is 75.5 Å². The van der Waals surface area contributed by atoms with Crippen LogP contribution in [0.15, 0.2) is 41.3 Å². The van der Waals surface area contributed by atoms with E-state index in [1.165, 1.54) is 18.3 Å². The quantitative estimate of drug-likeness (QED) is 0.565. The maximum atomic E-state index is 14.8. The first kappa shape index (κ1) is 22.4. The van der Waals surface area contributed by atoms with E-state index >= 15 is 0 Å². The highest BCUT2D eigenvalue weighted by atomic mass is 19.2. The summed E-state index contributed by atoms with van der Waals surface area (Å²) in [4.78, 5) is 14.6. The van der Waals surface area contributed by atoms with Gasteiger partial charge in [-0.3, -0.25) is 4.79 Å². The minimum Gasteiger partial charge on any atom is -0.487 e. The summed E-state index contributed by atoms with van der Waals surface area (Å²) in [6.45, 7) is 3.71. The topological polar surface area (TPSA) is 68.1 Å². The molecule has 7 heteroatoms. The zero-order chi connectivity index (χ0) is 23.0. The molecule has 0 saturated heterocycles. The molecule has 1 unspecified atom stereocenters. The van der Waals surface area contributed by atoms with Gasteiger partial charge in [-0.05, 0) is 74.2 Å². The van der Waals surface area contributed by atoms with Crippen molar-refractivity contribution in [3.8, 4) is 5.75 Å². The van der Waals surface area contributed by atoms with Crippen molar-refractivity contribution in [1.29, 1.82) is 0 Å². The summed E-state index contributed by atoms with van der Waals surface area (Å²) in [5, 5.41) is 0.926. The lowest BCUT2D eigenvalue weighted by molar-refractivity contribution is 0.0992. The number of hydrogen-bond donors (Lipinski definition) is 2. The molecule has 0 aliphatic heterocycles. The lowest BCUT2D eigenvalue weighted by Crippen LogP contribution is -2.49. The van der Waals surface area contributed by atoms with Crippen LogP contribution in [0.4, 0.5) is 13.2 Å². The number of hydrogen-bond acceptors (Lipinski definition) is 3. The molecule has 3 N–H and O–H groups in total. The molecule has 0 radical (unpaired) electrons. The van der Waals surface area contributed by atoms with Crippen LogP contribution in [0.25, 0.3) is 10.8 Å². The first-order valence-electron chi connectivity index (χ1n) is 10.9. The fraction of sp³-hybridized carbons (Fsp3) is 0.400. The molecular weight excluding hydrogens is 417 g/mol. The summed E-state index contributed by atoms with van der Waals surface area (Å²) in [6, 6.07) is 6.72. The van der Waals surface area contributed by atoms with Crippen molar-refractivity contribution in [2.75, 3.05) is 0 Å². The Balaban J connectivity index is 1.60. The number of halogens is 3. The molecule has 3 aromatic rings. The van der Waals surface area contributed by atoms with Crippen LogP contribution >= 0.6 is 0 Å². The lowest BCUT2D eigenvalue weighted by Gasteiger charge is -2.44. The van der Waals surface area contributed by atoms with Crippen LogP contribution < -0.4 is 16.0 Å². The van der Waals surface area contributed by atoms with E-state index in [1.807, 2.05) is 6.92 Å². The molecule has 1 atom stereocenters. The van der Waals surface area contributed by atoms with E-state index in [-0.39, 0.29) is 28.8 Å². The van der Waals surface area contributed by atoms with Gasteiger partial charge in [-0.2, -0.15) is 0 Å². The molecule has 1 aliphatic rings. The van der Waals surface area contributed by atoms with Crippen LogP contribution in [0.5, 0.6) is 5.75 Å². The average molecular weight is 444 g/mol. The SMILES string of the molecule is CCC(N)C1(c2ccc(F)c(F)c2)CCC(Oc2c(F)cc3c(=O)[nH]ccc3c2C)CC1. The number of aromatic amines is 1. The van der Waals surface area contributed by atoms with Gasteiger partial charge in [0.15, 0.2) is 23.2 Å². The summed E-state index contributed by atoms with van der Waals surface area (Å²) in [6.07, 6.45) is 4.40. The largest absolute Gasteiger partial charge is 0.487 e. The number of benzene rings is 2. The predicted octanol–water partition coefficient (Wildman–Crippen LogP) is 5.25. The van der Waals surface area contributed by atoms with Crippen LogP contribution in [0.2, 0.25) is 0 Å². The molecule has 1 fully saturated rings. The van der Waals surface area contributed by atoms with Crippen molar-refractivity contribution in [2.45, 2.75) is 63.5 Å². The van der Waals surface area contributed by atoms with Gasteiger partial charge in [0.1, 0.15) is 0 Å². The summed E-state index contributed by atoms with van der Waals surface area (Å²) in [5.41, 5.74) is 6.90. The first-order valence-corrected chi connectivity index (χ1v) is 10.9. The summed E-state index contributed by atoms with van der Waals surface area (Å²) in [7, 11) is 0. The number of ether oxygens (including phenoxy) is 1. The molecule has 1 heterocycles. The molecule has 2 aromatic carbocycles. The maximum Gasteiger partial charge on any atom is 0.255 e. The smallest absolute Gasteiger partial charge is 0.255 e. The van der Waals surface area contributed by atoms with Gasteiger partial charge in [0.2, 0.25) is 0 Å². The van der Waals surface area contributed by atoms with Gasteiger partial charge < -0.3 is 15.5 Å². The number of H-pyrrole nitrogens is 1. The number of pyridine rings is 1. The van der Waals surface area contributed by atoms with Gasteiger partial charge in [0.05, 0.1) is 11.5 Å². The molecule has 0 spiro atoms. The van der Waals surface area contributed by atoms with E-state index in [2.05, 4.69) is 4.98 Å². The Hall–Kier alpha value is -2.80. The summed E-state index contributed by atoms with van der Waals surface area (Å²) >= 11 is 0. The van der Waals surface area contributed by atoms with E-state index < -0.39 is 22.9 Å². The Morgan fingerprint density at radius 3 is 2.47 bits per heavy atom. The Morgan fingerprint density at radius 1 is 1.09 bits per heavy atom. The second-order valence-corrected chi connectivity index (χ2v) is 8.70. The van der Waals surface area contributed by atoms with Crippen molar-refractivity contribution in [3.63, 3.8) is 0 Å². The third-order valence-corrected chi connectivity index (χ3v) is 6.99. The third-order valence-electron chi connectivity index (χ3n) is 6.99. The Bertz CT molecular complexity index is 1200. The van der Waals surface area contributed by atoms with Crippen molar-refractivity contribution >= 4 is 10.8 Å². The van der Waals surface area contributed by atoms with Crippen LogP contribution in [0.1, 0.15) is 50.2 Å². The highest BCUT2D eigenvalue weighted by Gasteiger charge is 2.42. The molecule has 32 heavy (non-hydrogen) atoms. The van der Waals surface area contributed by atoms with Crippen LogP contribution in [0, 0.1) is 24.4 Å². The standard InChI is InChI=1S/C25H27F3N2O2/c1-3-22(29)25(15-4-5-19(26)20(27)12-15)9-6-16(7-10-25)32-23-14(2)17-8-11-30-24(31)18(17)13-21(23)28/h4-5,8,11-13,16,22H,3,6-7,9-10,29H2,1-2H3,(H,30,31). The summed E-state index contributed by atoms with van der Waals surface area (Å²) in [5.74, 6) is -2.19. The van der Waals surface area contributed by atoms with Crippen molar-refractivity contribution < 1.29 is 17.9 Å². The van der Waals surface area contributed by atoms with E-state index in [0.717, 1.165) is 6.07 Å². The van der Waals surface area contributed by atoms with E-state index in [0.29, 0.717) is 48.6 Å². The molecule has 1 aromatic heterocycles. The van der Waals surface area contributed by atoms with Gasteiger partial charge in [0, 0.05) is 23.2 Å². The van der Waals surface area contributed by atoms with E-state index in [1.54, 1.807) is 19.1 Å². The van der Waals surface area contributed by atoms with Gasteiger partial charge in [-0.1, -0.05) is 13.0 Å². The Kier molecular flexibility index (Phi) is 6.03. The van der Waals surface area contributed by atoms with E-state index in [4.69, 9.17) is 10.5 Å². The maximum absolute atomic E-state index is 14.8. The lowest BCUT2D eigenvalue weighted by atomic mass is 9.64. The van der Waals surface area contributed by atoms with Gasteiger partial charge in [0.25, 0.3) is 5.56 Å². The van der Waals surface area contributed by atoms with Gasteiger partial charge >= 0.3 is 0 Å². The number of fused-ring (bicyclic) bond motifs is 1. The molecule has 170 valence electrons. The van der Waals surface area contributed by atoms with Gasteiger partial charge in [-0.25, -0.2) is 13.2 Å². The normalized spacial score (nSPS) is 22.1. The van der Waals surface area contributed by atoms with Crippen LogP contribution in [0.3, 0.4) is 0 Å². The molecule has 0 bridgehead atoms. The number of nitrogens with one attached hydrogen (secondary N) is 1. The third kappa shape index (κ3) is 3.79. The predicted molar refractivity (Wildman–Crippen MR) is 118 cm³/mol. The van der Waals surface area contributed by atoms with Gasteiger partial charge in [-0.15, -0.1) is 0 Å². The average Bonchev–Trinajstić information content (AvgIpc) is 2.79. The number of rotatable bonds is 5. The van der Waals surface area contributed by atoms with Crippen molar-refractivity contribution in [2.24, 2.45) is 5.73 Å². The molecule has 4 rings (SSSR count). The fourth-order valence-electron chi connectivity index (χ4n) is 5.06. The first-order chi connectivity index (χ1) is 15.3. The molecule has 0 amide bonds. The second kappa shape index (κ2) is 8.62. The van der Waals surface area contributed by atoms with Crippen LogP contribution in [-0.2, 0) is 5.41 Å². The zero-order valence-corrected chi connectivity index (χ0v) is 18.2. The summed E-state index contributed by atoms with van der Waals surface area (Å²) < 4.78 is 48.4. The highest BCUT2D eigenvalue weighted by molar-refractivity contribution is 5.86. The molecule has 4 nitrogen and oxygen atoms in total. The zero-order valence-electron chi connectivity index (χ0n) is 18.2. The number of aryl methyl sites for hydroxylation is 1. The number of aromatic nitrogens is 1. The molecule has 1 saturated carbocycles. The molecular formula is C25H27F3N2O2. The van der Waals surface area contributed by atoms with Crippen molar-refractivity contribution in [1.82, 2.24) is 4.98 Å². The minimum absolute atomic E-state index is 0.146. The minimum atomic E-state index is -0.882. The van der Waals surface area contributed by atoms with E-state index in [9.17, 15) is 18.0 Å². The fourth-order valence-corrected chi connectivity index (χ4v) is 5.06. The number of nitrogens with two attached hydrogens (primary N) is 1.